The number of hydrogen-bond acceptors (Lipinski definition) is 4. The Kier molecular flexibility index (Phi) is 5.46. The van der Waals surface area contributed by atoms with Crippen LogP contribution in [-0.4, -0.2) is 59.5 Å². The van der Waals surface area contributed by atoms with Crippen LogP contribution >= 0.6 is 0 Å². The number of carbonyl (C=O) groups excluding carboxylic acids is 1. The number of morpholine rings is 1. The van der Waals surface area contributed by atoms with Crippen LogP contribution in [0.5, 0.6) is 0 Å². The van der Waals surface area contributed by atoms with Gasteiger partial charge in [-0.1, -0.05) is 37.3 Å². The Morgan fingerprint density at radius 1 is 1.40 bits per heavy atom. The van der Waals surface area contributed by atoms with E-state index in [9.17, 15) is 9.90 Å². The Balaban J connectivity index is 1.67. The van der Waals surface area contributed by atoms with Gasteiger partial charge in [-0.05, 0) is 31.7 Å². The van der Waals surface area contributed by atoms with Gasteiger partial charge in [-0.2, -0.15) is 0 Å². The van der Waals surface area contributed by atoms with Gasteiger partial charge in [0, 0.05) is 19.6 Å². The molecule has 1 aromatic carbocycles. The van der Waals surface area contributed by atoms with Crippen molar-refractivity contribution < 1.29 is 19.4 Å². The molecule has 0 aliphatic carbocycles. The normalized spacial score (nSPS) is 28.9. The van der Waals surface area contributed by atoms with Gasteiger partial charge >= 0.3 is 0 Å². The molecule has 0 radical (unpaired) electrons. The third-order valence-corrected chi connectivity index (χ3v) is 5.33. The molecule has 3 atom stereocenters. The van der Waals surface area contributed by atoms with Crippen molar-refractivity contribution in [3.63, 3.8) is 0 Å². The molecule has 5 nitrogen and oxygen atoms in total. The van der Waals surface area contributed by atoms with Crippen LogP contribution in [0.15, 0.2) is 30.3 Å². The highest BCUT2D eigenvalue weighted by Crippen LogP contribution is 2.32. The fraction of sp³-hybridized carbons (Fsp3) is 0.650. The zero-order valence-electron chi connectivity index (χ0n) is 15.2. The van der Waals surface area contributed by atoms with Crippen LogP contribution in [0.25, 0.3) is 0 Å². The molecule has 3 rings (SSSR count). The Hall–Kier alpha value is -1.43. The minimum absolute atomic E-state index is 0.00400. The molecule has 1 amide bonds. The number of ether oxygens (including phenoxy) is 2. The predicted octanol–water partition coefficient (Wildman–Crippen LogP) is 2.17. The number of amides is 1. The van der Waals surface area contributed by atoms with Crippen molar-refractivity contribution in [2.24, 2.45) is 0 Å². The molecule has 2 saturated heterocycles. The number of carbonyl (C=O) groups is 1. The molecule has 1 aromatic rings. The average Bonchev–Trinajstić information content (AvgIpc) is 3.07. The first kappa shape index (κ1) is 18.4. The molecule has 5 heteroatoms. The zero-order chi connectivity index (χ0) is 17.9. The number of hydrogen-bond donors (Lipinski definition) is 1. The summed E-state index contributed by atoms with van der Waals surface area (Å²) in [6, 6.07) is 9.96. The molecule has 1 N–H and O–H groups in total. The summed E-state index contributed by atoms with van der Waals surface area (Å²) in [5.74, 6) is -0.198. The number of aryl methyl sites for hydroxylation is 1. The van der Waals surface area contributed by atoms with Crippen molar-refractivity contribution in [3.8, 4) is 0 Å². The van der Waals surface area contributed by atoms with E-state index in [1.54, 1.807) is 11.8 Å². The Labute approximate surface area is 149 Å². The minimum atomic E-state index is -1.37. The third-order valence-electron chi connectivity index (χ3n) is 5.33. The van der Waals surface area contributed by atoms with E-state index in [-0.39, 0.29) is 12.0 Å². The lowest BCUT2D eigenvalue weighted by atomic mass is 9.92. The summed E-state index contributed by atoms with van der Waals surface area (Å²) >= 11 is 0. The van der Waals surface area contributed by atoms with Crippen LogP contribution in [0, 0.1) is 0 Å². The van der Waals surface area contributed by atoms with E-state index >= 15 is 0 Å². The molecule has 2 fully saturated rings. The van der Waals surface area contributed by atoms with Crippen molar-refractivity contribution in [2.45, 2.75) is 56.8 Å². The third kappa shape index (κ3) is 4.22. The summed E-state index contributed by atoms with van der Waals surface area (Å²) in [7, 11) is 0. The highest BCUT2D eigenvalue weighted by molar-refractivity contribution is 5.84. The lowest BCUT2D eigenvalue weighted by Crippen LogP contribution is -2.61. The summed E-state index contributed by atoms with van der Waals surface area (Å²) in [6.45, 7) is 5.94. The molecular weight excluding hydrogens is 318 g/mol. The SMILES string of the molecule is CC[C@@H]1CN(C(=O)[C@](C)(O)CCc2ccccc2)C[C@@]2(CCOC2)O1. The maximum Gasteiger partial charge on any atom is 0.254 e. The van der Waals surface area contributed by atoms with Gasteiger partial charge < -0.3 is 19.5 Å². The zero-order valence-corrected chi connectivity index (χ0v) is 15.2. The number of nitrogens with zero attached hydrogens (tertiary/aromatic N) is 1. The Bertz CT molecular complexity index is 581. The molecule has 2 aliphatic rings. The quantitative estimate of drug-likeness (QED) is 0.887. The summed E-state index contributed by atoms with van der Waals surface area (Å²) in [5.41, 5.74) is -0.638. The second-order valence-electron chi connectivity index (χ2n) is 7.58. The summed E-state index contributed by atoms with van der Waals surface area (Å²) in [6.07, 6.45) is 2.74. The topological polar surface area (TPSA) is 59.0 Å². The molecule has 1 spiro atoms. The van der Waals surface area contributed by atoms with Crippen LogP contribution < -0.4 is 0 Å². The molecule has 2 heterocycles. The van der Waals surface area contributed by atoms with Gasteiger partial charge in [-0.15, -0.1) is 0 Å². The van der Waals surface area contributed by atoms with E-state index in [4.69, 9.17) is 9.47 Å². The monoisotopic (exact) mass is 347 g/mol. The standard InChI is InChI=1S/C20H29NO4/c1-3-17-13-21(14-20(25-17)11-12-24-15-20)18(22)19(2,23)10-9-16-7-5-4-6-8-16/h4-8,17,23H,3,9-15H2,1-2H3/t17-,19-,20-/m1/s1. The van der Waals surface area contributed by atoms with Crippen LogP contribution in [0.4, 0.5) is 0 Å². The van der Waals surface area contributed by atoms with Crippen molar-refractivity contribution in [1.29, 1.82) is 0 Å². The predicted molar refractivity (Wildman–Crippen MR) is 95.3 cm³/mol. The molecule has 0 unspecified atom stereocenters. The van der Waals surface area contributed by atoms with Gasteiger partial charge in [-0.3, -0.25) is 4.79 Å². The first-order chi connectivity index (χ1) is 11.9. The fourth-order valence-electron chi connectivity index (χ4n) is 3.74. The summed E-state index contributed by atoms with van der Waals surface area (Å²) in [4.78, 5) is 14.8. The molecule has 0 aromatic heterocycles. The summed E-state index contributed by atoms with van der Waals surface area (Å²) in [5, 5.41) is 10.8. The first-order valence-electron chi connectivity index (χ1n) is 9.25. The average molecular weight is 347 g/mol. The van der Waals surface area contributed by atoms with Gasteiger partial charge in [0.1, 0.15) is 11.2 Å². The molecule has 2 aliphatic heterocycles. The van der Waals surface area contributed by atoms with Gasteiger partial charge in [-0.25, -0.2) is 0 Å². The van der Waals surface area contributed by atoms with E-state index in [0.29, 0.717) is 39.1 Å². The van der Waals surface area contributed by atoms with E-state index < -0.39 is 11.2 Å². The van der Waals surface area contributed by atoms with E-state index in [1.807, 2.05) is 30.3 Å². The Morgan fingerprint density at radius 3 is 2.80 bits per heavy atom. The van der Waals surface area contributed by atoms with Gasteiger partial charge in [0.05, 0.1) is 19.3 Å². The molecule has 138 valence electrons. The van der Waals surface area contributed by atoms with Gasteiger partial charge in [0.15, 0.2) is 0 Å². The Morgan fingerprint density at radius 2 is 2.16 bits per heavy atom. The smallest absolute Gasteiger partial charge is 0.254 e. The highest BCUT2D eigenvalue weighted by Gasteiger charge is 2.47. The second-order valence-corrected chi connectivity index (χ2v) is 7.58. The number of benzene rings is 1. The van der Waals surface area contributed by atoms with Crippen LogP contribution in [-0.2, 0) is 20.7 Å². The second kappa shape index (κ2) is 7.44. The van der Waals surface area contributed by atoms with Crippen molar-refractivity contribution in [2.75, 3.05) is 26.3 Å². The van der Waals surface area contributed by atoms with Crippen LogP contribution in [0.2, 0.25) is 0 Å². The maximum absolute atomic E-state index is 13.0. The van der Waals surface area contributed by atoms with Crippen LogP contribution in [0.3, 0.4) is 0 Å². The summed E-state index contributed by atoms with van der Waals surface area (Å²) < 4.78 is 11.7. The minimum Gasteiger partial charge on any atom is -0.380 e. The van der Waals surface area contributed by atoms with E-state index in [2.05, 4.69) is 6.92 Å². The highest BCUT2D eigenvalue weighted by atomic mass is 16.6. The van der Waals surface area contributed by atoms with Gasteiger partial charge in [0.25, 0.3) is 5.91 Å². The van der Waals surface area contributed by atoms with Crippen LogP contribution in [0.1, 0.15) is 38.7 Å². The van der Waals surface area contributed by atoms with Gasteiger partial charge in [0.2, 0.25) is 0 Å². The fourth-order valence-corrected chi connectivity index (χ4v) is 3.74. The molecule has 0 bridgehead atoms. The van der Waals surface area contributed by atoms with E-state index in [0.717, 1.165) is 18.4 Å². The van der Waals surface area contributed by atoms with Crippen molar-refractivity contribution in [3.05, 3.63) is 35.9 Å². The van der Waals surface area contributed by atoms with Crippen molar-refractivity contribution >= 4 is 5.91 Å². The van der Waals surface area contributed by atoms with Crippen molar-refractivity contribution in [1.82, 2.24) is 4.90 Å². The number of aliphatic hydroxyl groups is 1. The number of rotatable bonds is 5. The van der Waals surface area contributed by atoms with E-state index in [1.165, 1.54) is 0 Å². The maximum atomic E-state index is 13.0. The first-order valence-corrected chi connectivity index (χ1v) is 9.25. The molecule has 25 heavy (non-hydrogen) atoms. The molecule has 0 saturated carbocycles. The molecular formula is C20H29NO4. The lowest BCUT2D eigenvalue weighted by Gasteiger charge is -2.45. The lowest BCUT2D eigenvalue weighted by molar-refractivity contribution is -0.182. The largest absolute Gasteiger partial charge is 0.380 e.